The largest absolute Gasteiger partial charge is 0.418 e. The molecule has 8 heteroatoms. The van der Waals surface area contributed by atoms with Gasteiger partial charge in [-0.15, -0.1) is 5.10 Å². The molecule has 0 atom stereocenters. The maximum Gasteiger partial charge on any atom is 0.418 e. The highest BCUT2D eigenvalue weighted by atomic mass is 19.4. The van der Waals surface area contributed by atoms with Gasteiger partial charge in [0.25, 0.3) is 0 Å². The third-order valence-corrected chi connectivity index (χ3v) is 3.93. The van der Waals surface area contributed by atoms with Gasteiger partial charge in [-0.3, -0.25) is 0 Å². The number of hydrogen-bond donors (Lipinski definition) is 0. The van der Waals surface area contributed by atoms with Gasteiger partial charge >= 0.3 is 6.18 Å². The molecule has 1 fully saturated rings. The predicted molar refractivity (Wildman–Crippen MR) is 82.6 cm³/mol. The van der Waals surface area contributed by atoms with Crippen molar-refractivity contribution in [2.45, 2.75) is 6.18 Å². The zero-order valence-electron chi connectivity index (χ0n) is 12.7. The number of alkyl halides is 3. The lowest BCUT2D eigenvalue weighted by atomic mass is 10.1. The second-order valence-electron chi connectivity index (χ2n) is 5.40. The molecule has 0 amide bonds. The number of nitrogens with zero attached hydrogens (tertiary/aromatic N) is 5. The Kier molecular flexibility index (Phi) is 4.25. The van der Waals surface area contributed by atoms with Gasteiger partial charge in [-0.05, 0) is 30.3 Å². The number of piperazine rings is 1. The van der Waals surface area contributed by atoms with Gasteiger partial charge in [-0.2, -0.15) is 23.5 Å². The lowest BCUT2D eigenvalue weighted by Gasteiger charge is -2.37. The molecule has 1 aromatic heterocycles. The first-order valence-corrected chi connectivity index (χ1v) is 7.38. The minimum atomic E-state index is -4.45. The van der Waals surface area contributed by atoms with Crippen LogP contribution in [0.25, 0.3) is 0 Å². The highest BCUT2D eigenvalue weighted by Gasteiger charge is 2.35. The fourth-order valence-corrected chi connectivity index (χ4v) is 2.74. The van der Waals surface area contributed by atoms with E-state index in [1.54, 1.807) is 17.2 Å². The van der Waals surface area contributed by atoms with Crippen molar-refractivity contribution in [3.63, 3.8) is 0 Å². The monoisotopic (exact) mass is 333 g/mol. The van der Waals surface area contributed by atoms with Crippen LogP contribution < -0.4 is 9.80 Å². The summed E-state index contributed by atoms with van der Waals surface area (Å²) < 4.78 is 39.7. The highest BCUT2D eigenvalue weighted by molar-refractivity contribution is 5.60. The summed E-state index contributed by atoms with van der Waals surface area (Å²) in [6.45, 7) is 1.89. The summed E-state index contributed by atoms with van der Waals surface area (Å²) in [5.74, 6) is 0.707. The maximum atomic E-state index is 13.2. The number of hydrogen-bond acceptors (Lipinski definition) is 5. The number of aromatic nitrogens is 2. The van der Waals surface area contributed by atoms with E-state index in [-0.39, 0.29) is 11.3 Å². The van der Waals surface area contributed by atoms with Crippen LogP contribution in [-0.4, -0.2) is 36.4 Å². The van der Waals surface area contributed by atoms with Gasteiger partial charge in [0.2, 0.25) is 0 Å². The number of benzene rings is 1. The molecule has 0 radical (unpaired) electrons. The molecule has 1 saturated heterocycles. The molecule has 1 aromatic carbocycles. The van der Waals surface area contributed by atoms with Crippen molar-refractivity contribution in [3.05, 3.63) is 47.7 Å². The normalized spacial score (nSPS) is 15.2. The van der Waals surface area contributed by atoms with E-state index in [9.17, 15) is 13.2 Å². The van der Waals surface area contributed by atoms with Gasteiger partial charge in [0, 0.05) is 32.4 Å². The van der Waals surface area contributed by atoms with Crippen molar-refractivity contribution in [3.8, 4) is 6.07 Å². The third-order valence-electron chi connectivity index (χ3n) is 3.93. The number of nitriles is 1. The summed E-state index contributed by atoms with van der Waals surface area (Å²) in [6, 6.07) is 8.97. The first kappa shape index (κ1) is 16.1. The SMILES string of the molecule is N#Cc1ccc(C(F)(F)F)c(N2CCN(c3cccnn3)CC2)c1. The van der Waals surface area contributed by atoms with Gasteiger partial charge in [0.1, 0.15) is 0 Å². The first-order chi connectivity index (χ1) is 11.5. The molecule has 1 aliphatic rings. The number of halogens is 3. The molecule has 1 aliphatic heterocycles. The zero-order chi connectivity index (χ0) is 17.2. The summed E-state index contributed by atoms with van der Waals surface area (Å²) in [5, 5.41) is 16.8. The molecule has 0 unspecified atom stereocenters. The standard InChI is InChI=1S/C16H14F3N5/c17-16(18,19)13-4-3-12(11-20)10-14(13)23-6-8-24(9-7-23)15-2-1-5-21-22-15/h1-5,10H,6-9H2. The average molecular weight is 333 g/mol. The Hall–Kier alpha value is -2.82. The molecule has 2 aromatic rings. The van der Waals surface area contributed by atoms with Crippen molar-refractivity contribution < 1.29 is 13.2 Å². The van der Waals surface area contributed by atoms with E-state index in [0.29, 0.717) is 32.0 Å². The number of rotatable bonds is 2. The predicted octanol–water partition coefficient (Wildman–Crippen LogP) is 2.69. The topological polar surface area (TPSA) is 56.1 Å². The molecule has 124 valence electrons. The van der Waals surface area contributed by atoms with Crippen LogP contribution in [0.5, 0.6) is 0 Å². The van der Waals surface area contributed by atoms with Crippen LogP contribution in [0.2, 0.25) is 0 Å². The van der Waals surface area contributed by atoms with Crippen molar-refractivity contribution in [2.75, 3.05) is 36.0 Å². The smallest absolute Gasteiger partial charge is 0.367 e. The fourth-order valence-electron chi connectivity index (χ4n) is 2.74. The molecule has 2 heterocycles. The number of anilines is 2. The third kappa shape index (κ3) is 3.25. The summed E-state index contributed by atoms with van der Waals surface area (Å²) >= 11 is 0. The van der Waals surface area contributed by atoms with E-state index in [0.717, 1.165) is 6.07 Å². The van der Waals surface area contributed by atoms with Crippen LogP contribution in [0.15, 0.2) is 36.5 Å². The van der Waals surface area contributed by atoms with Crippen molar-refractivity contribution in [2.24, 2.45) is 0 Å². The minimum Gasteiger partial charge on any atom is -0.367 e. The first-order valence-electron chi connectivity index (χ1n) is 7.38. The second kappa shape index (κ2) is 6.35. The lowest BCUT2D eigenvalue weighted by Crippen LogP contribution is -2.47. The Morgan fingerprint density at radius 1 is 1.04 bits per heavy atom. The van der Waals surface area contributed by atoms with Gasteiger partial charge in [-0.25, -0.2) is 0 Å². The molecular formula is C16H14F3N5. The fraction of sp³-hybridized carbons (Fsp3) is 0.312. The molecule has 24 heavy (non-hydrogen) atoms. The Balaban J connectivity index is 1.82. The van der Waals surface area contributed by atoms with Crippen LogP contribution in [0, 0.1) is 11.3 Å². The van der Waals surface area contributed by atoms with Gasteiger partial charge < -0.3 is 9.80 Å². The Morgan fingerprint density at radius 2 is 1.75 bits per heavy atom. The molecular weight excluding hydrogens is 319 g/mol. The van der Waals surface area contributed by atoms with Crippen LogP contribution in [0.3, 0.4) is 0 Å². The van der Waals surface area contributed by atoms with Crippen molar-refractivity contribution >= 4 is 11.5 Å². The zero-order valence-corrected chi connectivity index (χ0v) is 12.7. The average Bonchev–Trinajstić information content (AvgIpc) is 2.61. The van der Waals surface area contributed by atoms with Gasteiger partial charge in [-0.1, -0.05) is 0 Å². The summed E-state index contributed by atoms with van der Waals surface area (Å²) in [7, 11) is 0. The molecule has 0 bridgehead atoms. The molecule has 0 N–H and O–H groups in total. The van der Waals surface area contributed by atoms with E-state index in [4.69, 9.17) is 5.26 Å². The van der Waals surface area contributed by atoms with Gasteiger partial charge in [0.05, 0.1) is 22.9 Å². The van der Waals surface area contributed by atoms with E-state index in [1.807, 2.05) is 17.0 Å². The lowest BCUT2D eigenvalue weighted by molar-refractivity contribution is -0.137. The minimum absolute atomic E-state index is 0.0559. The summed E-state index contributed by atoms with van der Waals surface area (Å²) in [4.78, 5) is 3.64. The van der Waals surface area contributed by atoms with E-state index in [2.05, 4.69) is 10.2 Å². The van der Waals surface area contributed by atoms with Crippen LogP contribution in [-0.2, 0) is 6.18 Å². The van der Waals surface area contributed by atoms with Crippen molar-refractivity contribution in [1.29, 1.82) is 5.26 Å². The van der Waals surface area contributed by atoms with E-state index < -0.39 is 11.7 Å². The molecule has 0 spiro atoms. The highest BCUT2D eigenvalue weighted by Crippen LogP contribution is 2.37. The van der Waals surface area contributed by atoms with Crippen LogP contribution >= 0.6 is 0 Å². The molecule has 3 rings (SSSR count). The van der Waals surface area contributed by atoms with Crippen molar-refractivity contribution in [1.82, 2.24) is 10.2 Å². The molecule has 0 aliphatic carbocycles. The van der Waals surface area contributed by atoms with E-state index >= 15 is 0 Å². The Bertz CT molecular complexity index is 747. The van der Waals surface area contributed by atoms with E-state index in [1.165, 1.54) is 12.1 Å². The van der Waals surface area contributed by atoms with Crippen LogP contribution in [0.4, 0.5) is 24.7 Å². The maximum absolute atomic E-state index is 13.2. The quantitative estimate of drug-likeness (QED) is 0.846. The van der Waals surface area contributed by atoms with Gasteiger partial charge in [0.15, 0.2) is 5.82 Å². The summed E-state index contributed by atoms with van der Waals surface area (Å²) in [6.07, 6.45) is -2.88. The summed E-state index contributed by atoms with van der Waals surface area (Å²) in [5.41, 5.74) is -0.441. The Labute approximate surface area is 136 Å². The molecule has 0 saturated carbocycles. The Morgan fingerprint density at radius 3 is 2.33 bits per heavy atom. The van der Waals surface area contributed by atoms with Crippen LogP contribution in [0.1, 0.15) is 11.1 Å². The molecule has 5 nitrogen and oxygen atoms in total. The second-order valence-corrected chi connectivity index (χ2v) is 5.40.